The van der Waals surface area contributed by atoms with Crippen molar-refractivity contribution in [3.05, 3.63) is 35.4 Å². The second-order valence-corrected chi connectivity index (χ2v) is 12.1. The van der Waals surface area contributed by atoms with Gasteiger partial charge in [-0.1, -0.05) is 24.3 Å². The predicted octanol–water partition coefficient (Wildman–Crippen LogP) is 1.71. The van der Waals surface area contributed by atoms with Crippen molar-refractivity contribution < 1.29 is 28.5 Å². The number of barbiturate groups is 1. The molecule has 1 aliphatic carbocycles. The highest BCUT2D eigenvalue weighted by molar-refractivity contribution is 7.90. The molecule has 1 aromatic carbocycles. The molecule has 184 valence electrons. The van der Waals surface area contributed by atoms with Gasteiger partial charge in [0, 0.05) is 37.0 Å². The lowest BCUT2D eigenvalue weighted by Gasteiger charge is -2.38. The molecule has 4 rings (SSSR count). The van der Waals surface area contributed by atoms with E-state index in [1.165, 1.54) is 0 Å². The van der Waals surface area contributed by atoms with Gasteiger partial charge < -0.3 is 9.29 Å². The van der Waals surface area contributed by atoms with E-state index in [-0.39, 0.29) is 6.42 Å². The van der Waals surface area contributed by atoms with Gasteiger partial charge in [-0.15, -0.1) is 4.72 Å². The summed E-state index contributed by atoms with van der Waals surface area (Å²) in [6.07, 6.45) is 1.90. The number of benzene rings is 1. The number of nitrogens with one attached hydrogen (secondary N) is 2. The van der Waals surface area contributed by atoms with Crippen molar-refractivity contribution in [2.45, 2.75) is 69.2 Å². The molecule has 9 nitrogen and oxygen atoms in total. The van der Waals surface area contributed by atoms with Crippen LogP contribution in [0.3, 0.4) is 0 Å². The minimum Gasteiger partial charge on any atom is -0.598 e. The zero-order valence-corrected chi connectivity index (χ0v) is 20.5. The molecule has 4 amide bonds. The van der Waals surface area contributed by atoms with Gasteiger partial charge in [0.25, 0.3) is 5.91 Å². The first-order valence-electron chi connectivity index (χ1n) is 11.6. The molecule has 2 N–H and O–H groups in total. The Morgan fingerprint density at radius 2 is 1.91 bits per heavy atom. The van der Waals surface area contributed by atoms with Crippen LogP contribution in [0.1, 0.15) is 57.6 Å². The number of Topliss-reactive ketones (excluding diaryl/α,β-unsaturated/α-hetero) is 1. The molecule has 2 heterocycles. The summed E-state index contributed by atoms with van der Waals surface area (Å²) in [4.78, 5) is 53.0. The zero-order chi connectivity index (χ0) is 24.7. The average Bonchev–Trinajstić information content (AvgIpc) is 3.11. The van der Waals surface area contributed by atoms with Crippen LogP contribution in [0.5, 0.6) is 0 Å². The quantitative estimate of drug-likeness (QED) is 0.460. The number of rotatable bonds is 6. The highest BCUT2D eigenvalue weighted by Crippen LogP contribution is 2.42. The van der Waals surface area contributed by atoms with Crippen LogP contribution in [-0.4, -0.2) is 57.1 Å². The maximum atomic E-state index is 13.6. The SMILES string of the molecule is CC(C)(C)[S+]([O-])N[C@@]1(CC(=O)[C@H]2C(=O)NC(=O)N(C3CCOCC3)C2=O)CCc2ccccc21. The molecule has 3 atom stereocenters. The number of hydrogen-bond acceptors (Lipinski definition) is 7. The summed E-state index contributed by atoms with van der Waals surface area (Å²) in [6, 6.07) is 6.41. The highest BCUT2D eigenvalue weighted by atomic mass is 32.2. The summed E-state index contributed by atoms with van der Waals surface area (Å²) in [5.74, 6) is -3.90. The van der Waals surface area contributed by atoms with Crippen LogP contribution in [0.2, 0.25) is 0 Å². The standard InChI is InChI=1S/C24H31N3O6S/c1-23(2,3)34(32)26-24(11-8-15-6-4-5-7-17(15)24)14-18(28)19-20(29)25-22(31)27(21(19)30)16-9-12-33-13-10-16/h4-7,16,19,26H,8-14H2,1-3H3,(H,25,29,31)/t19-,24+,34?/m0/s1. The molecule has 10 heteroatoms. The van der Waals surface area contributed by atoms with Crippen molar-refractivity contribution in [2.24, 2.45) is 5.92 Å². The number of fused-ring (bicyclic) bond motifs is 1. The van der Waals surface area contributed by atoms with E-state index in [4.69, 9.17) is 4.74 Å². The predicted molar refractivity (Wildman–Crippen MR) is 125 cm³/mol. The third kappa shape index (κ3) is 4.64. The van der Waals surface area contributed by atoms with E-state index in [0.29, 0.717) is 38.9 Å². The minimum atomic E-state index is -1.62. The van der Waals surface area contributed by atoms with Crippen LogP contribution in [0.4, 0.5) is 4.79 Å². The normalized spacial score (nSPS) is 26.9. The Morgan fingerprint density at radius 1 is 1.24 bits per heavy atom. The number of carbonyl (C=O) groups excluding carboxylic acids is 4. The average molecular weight is 490 g/mol. The number of amides is 4. The fourth-order valence-electron chi connectivity index (χ4n) is 4.91. The van der Waals surface area contributed by atoms with Crippen molar-refractivity contribution in [1.82, 2.24) is 14.9 Å². The van der Waals surface area contributed by atoms with E-state index in [2.05, 4.69) is 10.0 Å². The van der Waals surface area contributed by atoms with Crippen molar-refractivity contribution >= 4 is 35.0 Å². The first-order valence-corrected chi connectivity index (χ1v) is 12.7. The maximum absolute atomic E-state index is 13.6. The highest BCUT2D eigenvalue weighted by Gasteiger charge is 2.52. The molecule has 1 aromatic rings. The number of hydrogen-bond donors (Lipinski definition) is 2. The molecule has 0 bridgehead atoms. The minimum absolute atomic E-state index is 0.189. The number of ether oxygens (including phenoxy) is 1. The molecule has 1 unspecified atom stereocenters. The summed E-state index contributed by atoms with van der Waals surface area (Å²) < 4.78 is 21.0. The van der Waals surface area contributed by atoms with Crippen LogP contribution in [0.15, 0.2) is 24.3 Å². The number of imide groups is 2. The molecule has 2 saturated heterocycles. The lowest BCUT2D eigenvalue weighted by molar-refractivity contribution is -0.150. The van der Waals surface area contributed by atoms with Crippen molar-refractivity contribution in [2.75, 3.05) is 13.2 Å². The number of nitrogens with zero attached hydrogens (tertiary/aromatic N) is 1. The second kappa shape index (κ2) is 9.41. The summed E-state index contributed by atoms with van der Waals surface area (Å²) >= 11 is -1.50. The third-order valence-electron chi connectivity index (χ3n) is 6.75. The van der Waals surface area contributed by atoms with Gasteiger partial charge >= 0.3 is 6.03 Å². The summed E-state index contributed by atoms with van der Waals surface area (Å²) in [5.41, 5.74) is 0.909. The first kappa shape index (κ1) is 24.8. The lowest BCUT2D eigenvalue weighted by atomic mass is 9.83. The van der Waals surface area contributed by atoms with E-state index >= 15 is 0 Å². The van der Waals surface area contributed by atoms with E-state index in [1.54, 1.807) is 0 Å². The third-order valence-corrected chi connectivity index (χ3v) is 8.44. The molecule has 2 fully saturated rings. The Balaban J connectivity index is 1.63. The van der Waals surface area contributed by atoms with Gasteiger partial charge in [0.1, 0.15) is 4.75 Å². The molecule has 0 spiro atoms. The van der Waals surface area contributed by atoms with Crippen LogP contribution < -0.4 is 10.0 Å². The van der Waals surface area contributed by atoms with Gasteiger partial charge in [-0.25, -0.2) is 4.79 Å². The topological polar surface area (TPSA) is 128 Å². The van der Waals surface area contributed by atoms with Crippen molar-refractivity contribution in [3.8, 4) is 0 Å². The van der Waals surface area contributed by atoms with Gasteiger partial charge in [-0.2, -0.15) is 0 Å². The van der Waals surface area contributed by atoms with Gasteiger partial charge in [0.05, 0.1) is 5.54 Å². The van der Waals surface area contributed by atoms with Crippen molar-refractivity contribution in [1.29, 1.82) is 0 Å². The van der Waals surface area contributed by atoms with Gasteiger partial charge in [0.2, 0.25) is 5.91 Å². The Bertz CT molecular complexity index is 1000. The first-order chi connectivity index (χ1) is 16.0. The zero-order valence-electron chi connectivity index (χ0n) is 19.7. The lowest BCUT2D eigenvalue weighted by Crippen LogP contribution is -2.63. The van der Waals surface area contributed by atoms with Crippen LogP contribution in [-0.2, 0) is 42.4 Å². The Kier molecular flexibility index (Phi) is 6.87. The molecule has 3 aliphatic rings. The Hall–Kier alpha value is -2.27. The summed E-state index contributed by atoms with van der Waals surface area (Å²) in [6.45, 7) is 6.30. The Morgan fingerprint density at radius 3 is 2.59 bits per heavy atom. The van der Waals surface area contributed by atoms with Gasteiger partial charge in [-0.05, 0) is 57.6 Å². The van der Waals surface area contributed by atoms with Gasteiger partial charge in [-0.3, -0.25) is 24.6 Å². The fraction of sp³-hybridized carbons (Fsp3) is 0.583. The second-order valence-electron chi connectivity index (χ2n) is 10.1. The number of carbonyl (C=O) groups is 4. The van der Waals surface area contributed by atoms with Crippen molar-refractivity contribution in [3.63, 3.8) is 0 Å². The molecular weight excluding hydrogens is 458 g/mol. The largest absolute Gasteiger partial charge is 0.598 e. The van der Waals surface area contributed by atoms with Crippen LogP contribution >= 0.6 is 0 Å². The smallest absolute Gasteiger partial charge is 0.331 e. The number of aryl methyl sites for hydroxylation is 1. The van der Waals surface area contributed by atoms with Crippen LogP contribution in [0.25, 0.3) is 0 Å². The maximum Gasteiger partial charge on any atom is 0.331 e. The monoisotopic (exact) mass is 489 g/mol. The Labute approximate surface area is 202 Å². The molecule has 0 saturated carbocycles. The number of urea groups is 1. The van der Waals surface area contributed by atoms with E-state index in [1.807, 2.05) is 45.0 Å². The van der Waals surface area contributed by atoms with E-state index in [9.17, 15) is 23.7 Å². The summed E-state index contributed by atoms with van der Waals surface area (Å²) in [5, 5.41) is 2.19. The molecule has 0 radical (unpaired) electrons. The fourth-order valence-corrected chi connectivity index (χ4v) is 5.85. The van der Waals surface area contributed by atoms with E-state index in [0.717, 1.165) is 16.0 Å². The molecule has 34 heavy (non-hydrogen) atoms. The summed E-state index contributed by atoms with van der Waals surface area (Å²) in [7, 11) is 0. The molecule has 0 aromatic heterocycles. The molecular formula is C24H31N3O6S. The number of ketones is 1. The molecule has 2 aliphatic heterocycles. The van der Waals surface area contributed by atoms with E-state index < -0.39 is 57.2 Å². The van der Waals surface area contributed by atoms with Crippen LogP contribution in [0, 0.1) is 5.92 Å². The van der Waals surface area contributed by atoms with Gasteiger partial charge in [0.15, 0.2) is 11.7 Å².